The number of aromatic nitrogens is 1. The Balaban J connectivity index is 2.56. The summed E-state index contributed by atoms with van der Waals surface area (Å²) >= 11 is -0.0219. The van der Waals surface area contributed by atoms with Crippen molar-refractivity contribution in [3.63, 3.8) is 0 Å². The SMILES string of the molecule is CO[S@@](=O)c1nc2ccccc2s1. The van der Waals surface area contributed by atoms with E-state index in [9.17, 15) is 4.21 Å². The van der Waals surface area contributed by atoms with Gasteiger partial charge in [-0.1, -0.05) is 12.1 Å². The predicted molar refractivity (Wildman–Crippen MR) is 53.0 cm³/mol. The molecule has 0 N–H and O–H groups in total. The predicted octanol–water partition coefficient (Wildman–Crippen LogP) is 1.97. The molecule has 1 heterocycles. The molecule has 2 aromatic rings. The third-order valence-corrected chi connectivity index (χ3v) is 3.74. The molecule has 0 aliphatic rings. The smallest absolute Gasteiger partial charge is 0.218 e. The zero-order valence-corrected chi connectivity index (χ0v) is 8.52. The first kappa shape index (κ1) is 8.80. The zero-order chi connectivity index (χ0) is 9.26. The third kappa shape index (κ3) is 1.63. The molecule has 0 saturated heterocycles. The van der Waals surface area contributed by atoms with E-state index in [-0.39, 0.29) is 0 Å². The van der Waals surface area contributed by atoms with Gasteiger partial charge in [-0.25, -0.2) is 9.19 Å². The second kappa shape index (κ2) is 3.53. The van der Waals surface area contributed by atoms with Gasteiger partial charge in [0, 0.05) is 0 Å². The summed E-state index contributed by atoms with van der Waals surface area (Å²) in [4.78, 5) is 4.18. The minimum atomic E-state index is -1.42. The molecule has 5 heteroatoms. The topological polar surface area (TPSA) is 39.2 Å². The molecule has 0 radical (unpaired) electrons. The Kier molecular flexibility index (Phi) is 2.39. The van der Waals surface area contributed by atoms with Crippen molar-refractivity contribution in [1.82, 2.24) is 4.98 Å². The van der Waals surface area contributed by atoms with Crippen LogP contribution in [0.1, 0.15) is 0 Å². The van der Waals surface area contributed by atoms with Crippen LogP contribution in [0.2, 0.25) is 0 Å². The number of hydrogen-bond acceptors (Lipinski definition) is 4. The average molecular weight is 213 g/mol. The van der Waals surface area contributed by atoms with E-state index in [1.54, 1.807) is 0 Å². The van der Waals surface area contributed by atoms with Crippen LogP contribution in [-0.2, 0) is 15.3 Å². The monoisotopic (exact) mass is 213 g/mol. The fraction of sp³-hybridized carbons (Fsp3) is 0.125. The van der Waals surface area contributed by atoms with E-state index in [0.717, 1.165) is 10.2 Å². The van der Waals surface area contributed by atoms with Crippen molar-refractivity contribution in [1.29, 1.82) is 0 Å². The zero-order valence-electron chi connectivity index (χ0n) is 6.89. The van der Waals surface area contributed by atoms with Gasteiger partial charge in [0.2, 0.25) is 15.4 Å². The summed E-state index contributed by atoms with van der Waals surface area (Å²) in [6.45, 7) is 0. The van der Waals surface area contributed by atoms with Crippen molar-refractivity contribution >= 4 is 32.6 Å². The van der Waals surface area contributed by atoms with Crippen LogP contribution in [0.15, 0.2) is 28.6 Å². The van der Waals surface area contributed by atoms with Crippen LogP contribution in [0.25, 0.3) is 10.2 Å². The van der Waals surface area contributed by atoms with Gasteiger partial charge < -0.3 is 0 Å². The van der Waals surface area contributed by atoms with Crippen molar-refractivity contribution in [3.8, 4) is 0 Å². The Bertz CT molecular complexity index is 419. The van der Waals surface area contributed by atoms with Gasteiger partial charge in [0.05, 0.1) is 17.3 Å². The lowest BCUT2D eigenvalue weighted by molar-refractivity contribution is 0.445. The highest BCUT2D eigenvalue weighted by Crippen LogP contribution is 2.23. The molecule has 68 valence electrons. The Labute approximate surface area is 82.0 Å². The number of benzene rings is 1. The Morgan fingerprint density at radius 1 is 1.46 bits per heavy atom. The van der Waals surface area contributed by atoms with Crippen molar-refractivity contribution in [3.05, 3.63) is 24.3 Å². The summed E-state index contributed by atoms with van der Waals surface area (Å²) in [5.74, 6) is 0. The molecule has 0 unspecified atom stereocenters. The first-order chi connectivity index (χ1) is 6.31. The van der Waals surface area contributed by atoms with Gasteiger partial charge in [0.15, 0.2) is 0 Å². The van der Waals surface area contributed by atoms with Crippen LogP contribution in [0.4, 0.5) is 0 Å². The fourth-order valence-corrected chi connectivity index (χ4v) is 2.75. The summed E-state index contributed by atoms with van der Waals surface area (Å²) in [6, 6.07) is 7.67. The summed E-state index contributed by atoms with van der Waals surface area (Å²) in [7, 11) is 1.40. The molecule has 0 spiro atoms. The van der Waals surface area contributed by atoms with Gasteiger partial charge >= 0.3 is 0 Å². The summed E-state index contributed by atoms with van der Waals surface area (Å²) < 4.78 is 17.5. The number of nitrogens with zero attached hydrogens (tertiary/aromatic N) is 1. The van der Waals surface area contributed by atoms with Crippen LogP contribution in [0.5, 0.6) is 0 Å². The number of para-hydroxylation sites is 1. The maximum Gasteiger partial charge on any atom is 0.218 e. The van der Waals surface area contributed by atoms with Gasteiger partial charge in [-0.05, 0) is 12.1 Å². The number of fused-ring (bicyclic) bond motifs is 1. The summed E-state index contributed by atoms with van der Waals surface area (Å²) in [5, 5.41) is 0. The van der Waals surface area contributed by atoms with E-state index in [1.807, 2.05) is 24.3 Å². The first-order valence-electron chi connectivity index (χ1n) is 3.63. The van der Waals surface area contributed by atoms with Crippen molar-refractivity contribution in [2.75, 3.05) is 7.11 Å². The molecule has 13 heavy (non-hydrogen) atoms. The molecule has 0 saturated carbocycles. The lowest BCUT2D eigenvalue weighted by Gasteiger charge is -1.88. The summed E-state index contributed by atoms with van der Waals surface area (Å²) in [6.07, 6.45) is 0. The van der Waals surface area contributed by atoms with Gasteiger partial charge in [-0.15, -0.1) is 11.3 Å². The maximum atomic E-state index is 11.2. The van der Waals surface area contributed by atoms with E-state index < -0.39 is 11.1 Å². The number of rotatable bonds is 2. The quantitative estimate of drug-likeness (QED) is 0.765. The highest BCUT2D eigenvalue weighted by molar-refractivity contribution is 7.82. The van der Waals surface area contributed by atoms with E-state index in [4.69, 9.17) is 0 Å². The highest BCUT2D eigenvalue weighted by Gasteiger charge is 2.08. The van der Waals surface area contributed by atoms with Crippen molar-refractivity contribution in [2.24, 2.45) is 0 Å². The Morgan fingerprint density at radius 3 is 2.92 bits per heavy atom. The molecule has 0 aliphatic carbocycles. The number of hydrogen-bond donors (Lipinski definition) is 0. The molecule has 0 bridgehead atoms. The van der Waals surface area contributed by atoms with Crippen LogP contribution in [0, 0.1) is 0 Å². The molecule has 1 atom stereocenters. The molecule has 2 rings (SSSR count). The third-order valence-electron chi connectivity index (χ3n) is 1.57. The molecule has 0 fully saturated rings. The van der Waals surface area contributed by atoms with Gasteiger partial charge in [-0.2, -0.15) is 0 Å². The van der Waals surface area contributed by atoms with E-state index in [0.29, 0.717) is 4.34 Å². The largest absolute Gasteiger partial charge is 0.288 e. The molecular formula is C8H7NO2S2. The normalized spacial score (nSPS) is 13.3. The second-order valence-electron chi connectivity index (χ2n) is 2.35. The van der Waals surface area contributed by atoms with Crippen molar-refractivity contribution in [2.45, 2.75) is 4.34 Å². The molecule has 1 aromatic heterocycles. The average Bonchev–Trinajstić information content (AvgIpc) is 2.59. The van der Waals surface area contributed by atoms with Crippen LogP contribution < -0.4 is 0 Å². The highest BCUT2D eigenvalue weighted by atomic mass is 32.2. The molecule has 0 aliphatic heterocycles. The van der Waals surface area contributed by atoms with E-state index in [2.05, 4.69) is 9.17 Å². The van der Waals surface area contributed by atoms with Crippen LogP contribution >= 0.6 is 11.3 Å². The minimum Gasteiger partial charge on any atom is -0.288 e. The lowest BCUT2D eigenvalue weighted by atomic mass is 10.3. The molecule has 1 aromatic carbocycles. The van der Waals surface area contributed by atoms with Gasteiger partial charge in [0.25, 0.3) is 0 Å². The Hall–Kier alpha value is -0.780. The van der Waals surface area contributed by atoms with Gasteiger partial charge in [-0.3, -0.25) is 4.18 Å². The Morgan fingerprint density at radius 2 is 2.23 bits per heavy atom. The molecule has 3 nitrogen and oxygen atoms in total. The van der Waals surface area contributed by atoms with Crippen molar-refractivity contribution < 1.29 is 8.39 Å². The van der Waals surface area contributed by atoms with E-state index in [1.165, 1.54) is 18.4 Å². The van der Waals surface area contributed by atoms with Crippen LogP contribution in [-0.4, -0.2) is 16.3 Å². The molecule has 0 amide bonds. The maximum absolute atomic E-state index is 11.2. The fourth-order valence-electron chi connectivity index (χ4n) is 0.994. The van der Waals surface area contributed by atoms with Gasteiger partial charge in [0.1, 0.15) is 0 Å². The number of thiazole rings is 1. The summed E-state index contributed by atoms with van der Waals surface area (Å²) in [5.41, 5.74) is 0.868. The standard InChI is InChI=1S/C8H7NO2S2/c1-11-13(10)8-9-6-4-2-3-5-7(6)12-8/h2-5H,1H3/t13-/m1/s1. The lowest BCUT2D eigenvalue weighted by Crippen LogP contribution is -1.90. The van der Waals surface area contributed by atoms with Crippen LogP contribution in [0.3, 0.4) is 0 Å². The van der Waals surface area contributed by atoms with E-state index >= 15 is 0 Å². The first-order valence-corrected chi connectivity index (χ1v) is 5.52. The second-order valence-corrected chi connectivity index (χ2v) is 4.83. The minimum absolute atomic E-state index is 0.517. The molecular weight excluding hydrogens is 206 g/mol.